The van der Waals surface area contributed by atoms with E-state index in [0.717, 1.165) is 40.7 Å². The molecule has 3 aromatic carbocycles. The molecule has 4 rings (SSSR count). The molecule has 0 aromatic heterocycles. The third-order valence-electron chi connectivity index (χ3n) is 5.98. The number of carbonyl (C=O) groups excluding carboxylic acids is 1. The number of rotatable bonds is 8. The van der Waals surface area contributed by atoms with Crippen molar-refractivity contribution < 1.29 is 39.9 Å². The van der Waals surface area contributed by atoms with Gasteiger partial charge in [0.25, 0.3) is 0 Å². The number of benzene rings is 3. The van der Waals surface area contributed by atoms with Gasteiger partial charge in [-0.3, -0.25) is 4.79 Å². The van der Waals surface area contributed by atoms with Crippen LogP contribution in [0.1, 0.15) is 23.1 Å². The van der Waals surface area contributed by atoms with Gasteiger partial charge in [-0.25, -0.2) is 17.2 Å². The van der Waals surface area contributed by atoms with Crippen molar-refractivity contribution in [2.45, 2.75) is 42.9 Å². The maximum absolute atomic E-state index is 14.2. The molecule has 1 aliphatic heterocycles. The predicted octanol–water partition coefficient (Wildman–Crippen LogP) is 4.84. The number of hydrogen-bond acceptors (Lipinski definition) is 4. The summed E-state index contributed by atoms with van der Waals surface area (Å²) in [5.74, 6) is -0.914. The third-order valence-corrected chi connectivity index (χ3v) is 7.87. The summed E-state index contributed by atoms with van der Waals surface area (Å²) in [6, 6.07) is 13.9. The van der Waals surface area contributed by atoms with E-state index in [1.807, 2.05) is 0 Å². The van der Waals surface area contributed by atoms with Gasteiger partial charge >= 0.3 is 6.18 Å². The molecule has 6 nitrogen and oxygen atoms in total. The lowest BCUT2D eigenvalue weighted by atomic mass is 10.1. The van der Waals surface area contributed by atoms with E-state index >= 15 is 0 Å². The third kappa shape index (κ3) is 6.48. The van der Waals surface area contributed by atoms with Gasteiger partial charge in [0.15, 0.2) is 0 Å². The van der Waals surface area contributed by atoms with E-state index in [2.05, 4.69) is 5.32 Å². The van der Waals surface area contributed by atoms with Crippen LogP contribution in [0.15, 0.2) is 77.7 Å². The van der Waals surface area contributed by atoms with Crippen LogP contribution in [0.3, 0.4) is 0 Å². The van der Waals surface area contributed by atoms with Crippen LogP contribution in [0.25, 0.3) is 0 Å². The molecule has 1 amide bonds. The van der Waals surface area contributed by atoms with Crippen LogP contribution >= 0.6 is 0 Å². The Balaban J connectivity index is 1.37. The summed E-state index contributed by atoms with van der Waals surface area (Å²) < 4.78 is 97.9. The standard InChI is InChI=1S/C26H23F5N2O4S/c27-20-8-10-23(11-9-20)38(35,36)33-15-21(28)13-24(33)25(34)32-14-18-2-1-3-22(12-18)37-16-17-4-6-19(7-5-17)26(29,30)31/h1-12,21,24H,13-16H2,(H,32,34)/t21-,24-/m0/s1. The second kappa shape index (κ2) is 11.1. The Kier molecular flexibility index (Phi) is 8.02. The Hall–Kier alpha value is -3.51. The molecule has 0 unspecified atom stereocenters. The molecule has 3 aromatic rings. The quantitative estimate of drug-likeness (QED) is 0.405. The Morgan fingerprint density at radius 2 is 1.68 bits per heavy atom. The zero-order valence-electron chi connectivity index (χ0n) is 19.8. The zero-order valence-corrected chi connectivity index (χ0v) is 20.6. The van der Waals surface area contributed by atoms with Crippen molar-refractivity contribution in [2.24, 2.45) is 0 Å². The van der Waals surface area contributed by atoms with Gasteiger partial charge in [0.05, 0.1) is 10.5 Å². The van der Waals surface area contributed by atoms with Gasteiger partial charge in [-0.15, -0.1) is 0 Å². The van der Waals surface area contributed by atoms with Gasteiger partial charge in [-0.1, -0.05) is 24.3 Å². The van der Waals surface area contributed by atoms with Crippen molar-refractivity contribution in [2.75, 3.05) is 6.54 Å². The van der Waals surface area contributed by atoms with Crippen molar-refractivity contribution in [1.82, 2.24) is 9.62 Å². The average Bonchev–Trinajstić information content (AvgIpc) is 3.29. The number of alkyl halides is 4. The fourth-order valence-corrected chi connectivity index (χ4v) is 5.64. The Labute approximate surface area is 216 Å². The van der Waals surface area contributed by atoms with Gasteiger partial charge in [0.2, 0.25) is 15.9 Å². The molecule has 12 heteroatoms. The monoisotopic (exact) mass is 554 g/mol. The summed E-state index contributed by atoms with van der Waals surface area (Å²) in [6.45, 7) is -0.483. The number of nitrogens with zero attached hydrogens (tertiary/aromatic N) is 1. The highest BCUT2D eigenvalue weighted by atomic mass is 32.2. The summed E-state index contributed by atoms with van der Waals surface area (Å²) >= 11 is 0. The van der Waals surface area contributed by atoms with E-state index in [-0.39, 0.29) is 24.5 Å². The molecule has 1 heterocycles. The highest BCUT2D eigenvalue weighted by Gasteiger charge is 2.44. The molecule has 0 spiro atoms. The van der Waals surface area contributed by atoms with E-state index in [0.29, 0.717) is 16.9 Å². The van der Waals surface area contributed by atoms with Crippen LogP contribution in [0.5, 0.6) is 5.75 Å². The summed E-state index contributed by atoms with van der Waals surface area (Å²) in [6.07, 6.45) is -6.28. The first-order valence-corrected chi connectivity index (χ1v) is 12.9. The zero-order chi connectivity index (χ0) is 27.5. The fraction of sp³-hybridized carbons (Fsp3) is 0.269. The van der Waals surface area contributed by atoms with E-state index in [1.165, 1.54) is 12.1 Å². The molecule has 0 bridgehead atoms. The molecule has 1 N–H and O–H groups in total. The summed E-state index contributed by atoms with van der Waals surface area (Å²) in [5.41, 5.74) is 0.372. The summed E-state index contributed by atoms with van der Waals surface area (Å²) in [5, 5.41) is 2.61. The van der Waals surface area contributed by atoms with Crippen molar-refractivity contribution in [1.29, 1.82) is 0 Å². The van der Waals surface area contributed by atoms with Crippen molar-refractivity contribution in [3.63, 3.8) is 0 Å². The molecule has 0 saturated carbocycles. The van der Waals surface area contributed by atoms with Crippen molar-refractivity contribution in [3.05, 3.63) is 95.3 Å². The maximum atomic E-state index is 14.2. The van der Waals surface area contributed by atoms with E-state index < -0.39 is 52.2 Å². The molecular formula is C26H23F5N2O4S. The lowest BCUT2D eigenvalue weighted by Crippen LogP contribution is -2.45. The predicted molar refractivity (Wildman–Crippen MR) is 128 cm³/mol. The second-order valence-electron chi connectivity index (χ2n) is 8.73. The Bertz CT molecular complexity index is 1380. The lowest BCUT2D eigenvalue weighted by Gasteiger charge is -2.23. The lowest BCUT2D eigenvalue weighted by molar-refractivity contribution is -0.137. The minimum absolute atomic E-state index is 0.00575. The van der Waals surface area contributed by atoms with Crippen LogP contribution in [-0.2, 0) is 34.1 Å². The van der Waals surface area contributed by atoms with Crippen molar-refractivity contribution >= 4 is 15.9 Å². The number of carbonyl (C=O) groups is 1. The maximum Gasteiger partial charge on any atom is 0.416 e. The van der Waals surface area contributed by atoms with Crippen molar-refractivity contribution in [3.8, 4) is 5.75 Å². The average molecular weight is 555 g/mol. The van der Waals surface area contributed by atoms with Crippen LogP contribution in [0.2, 0.25) is 0 Å². The highest BCUT2D eigenvalue weighted by molar-refractivity contribution is 7.89. The number of nitrogens with one attached hydrogen (secondary N) is 1. The van der Waals surface area contributed by atoms with Crippen LogP contribution < -0.4 is 10.1 Å². The smallest absolute Gasteiger partial charge is 0.416 e. The van der Waals surface area contributed by atoms with Gasteiger partial charge in [0.1, 0.15) is 30.4 Å². The molecule has 1 saturated heterocycles. The van der Waals surface area contributed by atoms with E-state index in [1.54, 1.807) is 24.3 Å². The minimum Gasteiger partial charge on any atom is -0.489 e. The molecule has 202 valence electrons. The highest BCUT2D eigenvalue weighted by Crippen LogP contribution is 2.30. The number of sulfonamides is 1. The first-order chi connectivity index (χ1) is 17.9. The molecule has 0 aliphatic carbocycles. The van der Waals surface area contributed by atoms with Gasteiger partial charge in [0, 0.05) is 19.5 Å². The summed E-state index contributed by atoms with van der Waals surface area (Å²) in [7, 11) is -4.23. The Morgan fingerprint density at radius 1 is 1.00 bits per heavy atom. The molecule has 2 atom stereocenters. The second-order valence-corrected chi connectivity index (χ2v) is 10.6. The van der Waals surface area contributed by atoms with E-state index in [9.17, 15) is 35.2 Å². The molecule has 38 heavy (non-hydrogen) atoms. The topological polar surface area (TPSA) is 75.7 Å². The van der Waals surface area contributed by atoms with Gasteiger partial charge in [-0.05, 0) is 59.7 Å². The molecular weight excluding hydrogens is 531 g/mol. The normalized spacial score (nSPS) is 18.3. The van der Waals surface area contributed by atoms with E-state index in [4.69, 9.17) is 4.74 Å². The SMILES string of the molecule is O=C(NCc1cccc(OCc2ccc(C(F)(F)F)cc2)c1)[C@@H]1C[C@H](F)CN1S(=O)(=O)c1ccc(F)cc1. The number of halogens is 5. The Morgan fingerprint density at radius 3 is 2.34 bits per heavy atom. The largest absolute Gasteiger partial charge is 0.489 e. The molecule has 0 radical (unpaired) electrons. The van der Waals surface area contributed by atoms with Gasteiger partial charge in [-0.2, -0.15) is 17.5 Å². The fourth-order valence-electron chi connectivity index (χ4n) is 4.01. The number of hydrogen-bond donors (Lipinski definition) is 1. The first-order valence-electron chi connectivity index (χ1n) is 11.5. The number of amides is 1. The number of ether oxygens (including phenoxy) is 1. The molecule has 1 fully saturated rings. The molecule has 1 aliphatic rings. The van der Waals surface area contributed by atoms with Gasteiger partial charge < -0.3 is 10.1 Å². The van der Waals surface area contributed by atoms with Crippen LogP contribution in [-0.4, -0.2) is 37.4 Å². The van der Waals surface area contributed by atoms with Crippen LogP contribution in [0, 0.1) is 5.82 Å². The summed E-state index contributed by atoms with van der Waals surface area (Å²) in [4.78, 5) is 12.6. The first kappa shape index (κ1) is 27.5. The minimum atomic E-state index is -4.43. The van der Waals surface area contributed by atoms with Crippen LogP contribution in [0.4, 0.5) is 22.0 Å².